The molecule has 3 heterocycles. The third-order valence-corrected chi connectivity index (χ3v) is 6.25. The number of aromatic nitrogens is 2. The molecule has 0 bridgehead atoms. The molecular formula is C24H28N4OS. The van der Waals surface area contributed by atoms with Crippen molar-refractivity contribution in [2.75, 3.05) is 13.2 Å². The van der Waals surface area contributed by atoms with Gasteiger partial charge >= 0.3 is 0 Å². The lowest BCUT2D eigenvalue weighted by Crippen LogP contribution is -2.31. The van der Waals surface area contributed by atoms with E-state index in [4.69, 9.17) is 12.2 Å². The SMILES string of the molecule is Cc1ccccc1-n1c(C)cc(C2C(c3ccccn3)NC(=S)N2CCCO)c1C. The van der Waals surface area contributed by atoms with Gasteiger partial charge in [-0.25, -0.2) is 0 Å². The first-order valence-electron chi connectivity index (χ1n) is 10.4. The molecule has 4 rings (SSSR count). The predicted octanol–water partition coefficient (Wildman–Crippen LogP) is 4.15. The average molecular weight is 421 g/mol. The summed E-state index contributed by atoms with van der Waals surface area (Å²) in [5.74, 6) is 0. The topological polar surface area (TPSA) is 53.3 Å². The van der Waals surface area contributed by atoms with Crippen LogP contribution in [0.4, 0.5) is 0 Å². The van der Waals surface area contributed by atoms with Gasteiger partial charge in [-0.1, -0.05) is 24.3 Å². The molecule has 0 saturated carbocycles. The van der Waals surface area contributed by atoms with Crippen molar-refractivity contribution < 1.29 is 5.11 Å². The summed E-state index contributed by atoms with van der Waals surface area (Å²) in [6.07, 6.45) is 2.49. The minimum Gasteiger partial charge on any atom is -0.396 e. The summed E-state index contributed by atoms with van der Waals surface area (Å²) in [5, 5.41) is 13.6. The zero-order valence-electron chi connectivity index (χ0n) is 17.7. The van der Waals surface area contributed by atoms with E-state index in [-0.39, 0.29) is 18.7 Å². The highest BCUT2D eigenvalue weighted by atomic mass is 32.1. The molecule has 1 aromatic carbocycles. The number of hydrogen-bond donors (Lipinski definition) is 2. The maximum atomic E-state index is 9.43. The summed E-state index contributed by atoms with van der Waals surface area (Å²) in [5.41, 5.74) is 7.03. The Bertz CT molecular complexity index is 1050. The van der Waals surface area contributed by atoms with Gasteiger partial charge < -0.3 is 19.9 Å². The summed E-state index contributed by atoms with van der Waals surface area (Å²) in [6.45, 7) is 7.31. The quantitative estimate of drug-likeness (QED) is 0.587. The smallest absolute Gasteiger partial charge is 0.170 e. The van der Waals surface area contributed by atoms with Crippen LogP contribution in [0.1, 0.15) is 46.7 Å². The highest BCUT2D eigenvalue weighted by Crippen LogP contribution is 2.41. The van der Waals surface area contributed by atoms with Crippen molar-refractivity contribution >= 4 is 17.3 Å². The van der Waals surface area contributed by atoms with Gasteiger partial charge in [0.25, 0.3) is 0 Å². The minimum absolute atomic E-state index is 0.0166. The number of rotatable bonds is 6. The Morgan fingerprint density at radius 1 is 1.10 bits per heavy atom. The van der Waals surface area contributed by atoms with Crippen molar-refractivity contribution in [3.05, 3.63) is 82.9 Å². The van der Waals surface area contributed by atoms with Crippen molar-refractivity contribution in [3.8, 4) is 5.69 Å². The summed E-state index contributed by atoms with van der Waals surface area (Å²) in [7, 11) is 0. The number of pyridine rings is 1. The molecule has 1 aliphatic rings. The molecule has 0 spiro atoms. The van der Waals surface area contributed by atoms with Gasteiger partial charge in [-0.15, -0.1) is 0 Å². The Kier molecular flexibility index (Phi) is 5.88. The van der Waals surface area contributed by atoms with Crippen LogP contribution in [-0.2, 0) is 0 Å². The van der Waals surface area contributed by atoms with Crippen LogP contribution in [0.3, 0.4) is 0 Å². The fourth-order valence-corrected chi connectivity index (χ4v) is 4.83. The van der Waals surface area contributed by atoms with Crippen LogP contribution in [0.2, 0.25) is 0 Å². The number of nitrogens with zero attached hydrogens (tertiary/aromatic N) is 3. The second-order valence-corrected chi connectivity index (χ2v) is 8.23. The number of benzene rings is 1. The molecule has 0 aliphatic carbocycles. The third kappa shape index (κ3) is 3.61. The molecule has 1 saturated heterocycles. The third-order valence-electron chi connectivity index (χ3n) is 5.90. The molecule has 2 atom stereocenters. The van der Waals surface area contributed by atoms with Gasteiger partial charge in [0.1, 0.15) is 0 Å². The van der Waals surface area contributed by atoms with Crippen LogP contribution in [-0.4, -0.2) is 37.8 Å². The van der Waals surface area contributed by atoms with E-state index in [1.54, 1.807) is 0 Å². The fraction of sp³-hybridized carbons (Fsp3) is 0.333. The van der Waals surface area contributed by atoms with Gasteiger partial charge in [0, 0.05) is 36.4 Å². The van der Waals surface area contributed by atoms with E-state index < -0.39 is 0 Å². The van der Waals surface area contributed by atoms with Crippen LogP contribution in [0.25, 0.3) is 5.69 Å². The van der Waals surface area contributed by atoms with E-state index in [9.17, 15) is 5.11 Å². The zero-order valence-corrected chi connectivity index (χ0v) is 18.5. The number of aryl methyl sites for hydroxylation is 2. The molecule has 1 fully saturated rings. The molecule has 0 radical (unpaired) electrons. The second kappa shape index (κ2) is 8.58. The van der Waals surface area contributed by atoms with Crippen molar-refractivity contribution in [2.24, 2.45) is 0 Å². The van der Waals surface area contributed by atoms with Gasteiger partial charge in [0.2, 0.25) is 0 Å². The lowest BCUT2D eigenvalue weighted by atomic mass is 9.96. The minimum atomic E-state index is -0.0387. The molecular weight excluding hydrogens is 392 g/mol. The summed E-state index contributed by atoms with van der Waals surface area (Å²) >= 11 is 5.70. The fourth-order valence-electron chi connectivity index (χ4n) is 4.50. The molecule has 3 aromatic rings. The molecule has 5 nitrogen and oxygen atoms in total. The largest absolute Gasteiger partial charge is 0.396 e. The van der Waals surface area contributed by atoms with Gasteiger partial charge in [-0.3, -0.25) is 4.98 Å². The maximum Gasteiger partial charge on any atom is 0.170 e. The Morgan fingerprint density at radius 2 is 1.87 bits per heavy atom. The van der Waals surface area contributed by atoms with Crippen molar-refractivity contribution in [1.82, 2.24) is 19.8 Å². The predicted molar refractivity (Wildman–Crippen MR) is 124 cm³/mol. The van der Waals surface area contributed by atoms with E-state index in [1.165, 1.54) is 28.2 Å². The van der Waals surface area contributed by atoms with Crippen molar-refractivity contribution in [2.45, 2.75) is 39.3 Å². The Labute approximate surface area is 183 Å². The van der Waals surface area contributed by atoms with E-state index in [2.05, 4.69) is 70.9 Å². The second-order valence-electron chi connectivity index (χ2n) is 7.85. The lowest BCUT2D eigenvalue weighted by Gasteiger charge is -2.28. The summed E-state index contributed by atoms with van der Waals surface area (Å²) < 4.78 is 2.33. The van der Waals surface area contributed by atoms with E-state index in [0.29, 0.717) is 18.1 Å². The van der Waals surface area contributed by atoms with Gasteiger partial charge in [-0.05, 0) is 74.8 Å². The Hall–Kier alpha value is -2.70. The highest BCUT2D eigenvalue weighted by molar-refractivity contribution is 7.80. The number of aliphatic hydroxyl groups is 1. The first-order chi connectivity index (χ1) is 14.5. The van der Waals surface area contributed by atoms with Crippen LogP contribution in [0, 0.1) is 20.8 Å². The highest BCUT2D eigenvalue weighted by Gasteiger charge is 2.41. The lowest BCUT2D eigenvalue weighted by molar-refractivity contribution is 0.247. The molecule has 2 unspecified atom stereocenters. The van der Waals surface area contributed by atoms with Crippen LogP contribution >= 0.6 is 12.2 Å². The van der Waals surface area contributed by atoms with Crippen LogP contribution in [0.5, 0.6) is 0 Å². The molecule has 156 valence electrons. The molecule has 2 aromatic heterocycles. The van der Waals surface area contributed by atoms with Gasteiger partial charge in [0.05, 0.1) is 17.8 Å². The Morgan fingerprint density at radius 3 is 2.57 bits per heavy atom. The van der Waals surface area contributed by atoms with E-state index in [0.717, 1.165) is 5.69 Å². The van der Waals surface area contributed by atoms with Gasteiger partial charge in [-0.2, -0.15) is 0 Å². The molecule has 6 heteroatoms. The molecule has 30 heavy (non-hydrogen) atoms. The zero-order chi connectivity index (χ0) is 21.3. The van der Waals surface area contributed by atoms with Crippen LogP contribution in [0.15, 0.2) is 54.7 Å². The molecule has 1 aliphatic heterocycles. The number of hydrogen-bond acceptors (Lipinski definition) is 3. The van der Waals surface area contributed by atoms with E-state index in [1.807, 2.05) is 24.4 Å². The number of para-hydroxylation sites is 1. The number of thiocarbonyl (C=S) groups is 1. The van der Waals surface area contributed by atoms with Crippen molar-refractivity contribution in [3.63, 3.8) is 0 Å². The molecule has 2 N–H and O–H groups in total. The van der Waals surface area contributed by atoms with E-state index >= 15 is 0 Å². The number of nitrogens with one attached hydrogen (secondary N) is 1. The average Bonchev–Trinajstić information content (AvgIpc) is 3.23. The van der Waals surface area contributed by atoms with Crippen LogP contribution < -0.4 is 5.32 Å². The first-order valence-corrected chi connectivity index (χ1v) is 10.8. The van der Waals surface area contributed by atoms with Gasteiger partial charge in [0.15, 0.2) is 5.11 Å². The summed E-state index contributed by atoms with van der Waals surface area (Å²) in [6, 6.07) is 16.7. The maximum absolute atomic E-state index is 9.43. The van der Waals surface area contributed by atoms with Crippen molar-refractivity contribution in [1.29, 1.82) is 0 Å². The first kappa shape index (κ1) is 20.6. The monoisotopic (exact) mass is 420 g/mol. The number of aliphatic hydroxyl groups excluding tert-OH is 1. The normalized spacial score (nSPS) is 18.7. The standard InChI is InChI=1S/C24H28N4OS/c1-16-9-4-5-11-21(16)28-17(2)15-19(18(28)3)23-22(20-10-6-7-12-25-20)26-24(30)27(23)13-8-14-29/h4-7,9-12,15,22-23,29H,8,13-14H2,1-3H3,(H,26,30). The summed E-state index contributed by atoms with van der Waals surface area (Å²) in [4.78, 5) is 6.82. The Balaban J connectivity index is 1.83. The molecule has 0 amide bonds.